The number of carbonyl (C=O) groups excluding carboxylic acids is 1. The molecule has 1 N–H and O–H groups in total. The Morgan fingerprint density at radius 3 is 2.86 bits per heavy atom. The summed E-state index contributed by atoms with van der Waals surface area (Å²) in [7, 11) is 1.63. The zero-order valence-electron chi connectivity index (χ0n) is 15.9. The van der Waals surface area contributed by atoms with Crippen LogP contribution in [-0.2, 0) is 6.54 Å². The van der Waals surface area contributed by atoms with E-state index in [0.29, 0.717) is 18.3 Å². The summed E-state index contributed by atoms with van der Waals surface area (Å²) in [6, 6.07) is 8.01. The molecule has 1 aliphatic rings. The Kier molecular flexibility index (Phi) is 5.36. The molecule has 0 spiro atoms. The maximum atomic E-state index is 12.4. The molecule has 2 heterocycles. The molecule has 1 saturated carbocycles. The highest BCUT2D eigenvalue weighted by molar-refractivity contribution is 5.91. The number of aromatic nitrogens is 5. The number of para-hydroxylation sites is 2. The van der Waals surface area contributed by atoms with Crippen LogP contribution in [-0.4, -0.2) is 37.8 Å². The van der Waals surface area contributed by atoms with E-state index in [0.717, 1.165) is 29.8 Å². The van der Waals surface area contributed by atoms with Crippen LogP contribution in [0.25, 0.3) is 5.69 Å². The second kappa shape index (κ2) is 8.24. The third-order valence-electron chi connectivity index (χ3n) is 5.11. The molecular weight excluding hydrogens is 356 g/mol. The van der Waals surface area contributed by atoms with E-state index in [4.69, 9.17) is 4.74 Å². The fraction of sp³-hybridized carbons (Fsp3) is 0.400. The maximum Gasteiger partial charge on any atom is 0.273 e. The van der Waals surface area contributed by atoms with Crippen LogP contribution in [0, 0.1) is 0 Å². The van der Waals surface area contributed by atoms with Gasteiger partial charge in [0.1, 0.15) is 11.4 Å². The predicted octanol–water partition coefficient (Wildman–Crippen LogP) is 2.91. The lowest BCUT2D eigenvalue weighted by Gasteiger charge is -2.20. The van der Waals surface area contributed by atoms with E-state index < -0.39 is 0 Å². The summed E-state index contributed by atoms with van der Waals surface area (Å²) in [4.78, 5) is 12.4. The van der Waals surface area contributed by atoms with Crippen molar-refractivity contribution in [1.82, 2.24) is 30.1 Å². The first-order valence-electron chi connectivity index (χ1n) is 9.61. The van der Waals surface area contributed by atoms with Crippen molar-refractivity contribution in [1.29, 1.82) is 0 Å². The number of ether oxygens (including phenoxy) is 1. The van der Waals surface area contributed by atoms with Crippen molar-refractivity contribution in [2.45, 2.75) is 44.7 Å². The van der Waals surface area contributed by atoms with Gasteiger partial charge in [0.25, 0.3) is 5.91 Å². The van der Waals surface area contributed by atoms with E-state index in [-0.39, 0.29) is 5.91 Å². The summed E-state index contributed by atoms with van der Waals surface area (Å²) in [6.45, 7) is 0.365. The van der Waals surface area contributed by atoms with E-state index in [2.05, 4.69) is 20.7 Å². The molecule has 0 aliphatic heterocycles. The Labute approximate surface area is 163 Å². The molecule has 4 rings (SSSR count). The van der Waals surface area contributed by atoms with Crippen molar-refractivity contribution < 1.29 is 9.53 Å². The average molecular weight is 380 g/mol. The fourth-order valence-corrected chi connectivity index (χ4v) is 3.58. The second-order valence-corrected chi connectivity index (χ2v) is 7.02. The lowest BCUT2D eigenvalue weighted by molar-refractivity contribution is 0.0946. The van der Waals surface area contributed by atoms with Crippen molar-refractivity contribution >= 4 is 5.91 Å². The van der Waals surface area contributed by atoms with Gasteiger partial charge in [-0.15, -0.1) is 5.10 Å². The zero-order chi connectivity index (χ0) is 19.3. The van der Waals surface area contributed by atoms with Crippen molar-refractivity contribution in [2.24, 2.45) is 0 Å². The van der Waals surface area contributed by atoms with Crippen LogP contribution in [0.4, 0.5) is 0 Å². The third-order valence-corrected chi connectivity index (χ3v) is 5.11. The van der Waals surface area contributed by atoms with Gasteiger partial charge in [0.2, 0.25) is 0 Å². The standard InChI is InChI=1S/C20H24N6O2/c1-28-19-10-6-5-9-18(19)26-13-15(12-22-26)11-21-20(27)17-14-25(24-23-17)16-7-3-2-4-8-16/h5-6,9-10,12-14,16H,2-4,7-8,11H2,1H3,(H,21,27). The Bertz CT molecular complexity index is 942. The number of nitrogens with zero attached hydrogens (tertiary/aromatic N) is 5. The van der Waals surface area contributed by atoms with Gasteiger partial charge in [-0.05, 0) is 25.0 Å². The molecule has 1 fully saturated rings. The van der Waals surface area contributed by atoms with E-state index in [1.165, 1.54) is 19.3 Å². The summed E-state index contributed by atoms with van der Waals surface area (Å²) in [6.07, 6.45) is 11.3. The minimum atomic E-state index is -0.230. The van der Waals surface area contributed by atoms with Crippen molar-refractivity contribution in [3.63, 3.8) is 0 Å². The number of carbonyl (C=O) groups is 1. The molecule has 1 amide bonds. The molecule has 0 radical (unpaired) electrons. The molecule has 2 aromatic heterocycles. The number of amides is 1. The Morgan fingerprint density at radius 2 is 2.04 bits per heavy atom. The molecule has 146 valence electrons. The number of nitrogens with one attached hydrogen (secondary N) is 1. The fourth-order valence-electron chi connectivity index (χ4n) is 3.58. The van der Waals surface area contributed by atoms with Crippen LogP contribution in [0.2, 0.25) is 0 Å². The van der Waals surface area contributed by atoms with E-state index in [9.17, 15) is 4.79 Å². The first-order valence-corrected chi connectivity index (χ1v) is 9.61. The number of rotatable bonds is 6. The summed E-state index contributed by atoms with van der Waals surface area (Å²) < 4.78 is 8.95. The Balaban J connectivity index is 1.38. The molecule has 0 bridgehead atoms. The Morgan fingerprint density at radius 1 is 1.21 bits per heavy atom. The van der Waals surface area contributed by atoms with E-state index in [1.807, 2.05) is 35.1 Å². The lowest BCUT2D eigenvalue weighted by atomic mass is 9.96. The van der Waals surface area contributed by atoms with Crippen molar-refractivity contribution in [2.75, 3.05) is 7.11 Å². The molecule has 3 aromatic rings. The molecule has 1 aliphatic carbocycles. The monoisotopic (exact) mass is 380 g/mol. The Hall–Kier alpha value is -3.16. The summed E-state index contributed by atoms with van der Waals surface area (Å²) >= 11 is 0. The minimum Gasteiger partial charge on any atom is -0.494 e. The van der Waals surface area contributed by atoms with Gasteiger partial charge in [-0.25, -0.2) is 9.36 Å². The third kappa shape index (κ3) is 3.90. The van der Waals surface area contributed by atoms with Crippen LogP contribution >= 0.6 is 0 Å². The van der Waals surface area contributed by atoms with Gasteiger partial charge < -0.3 is 10.1 Å². The summed E-state index contributed by atoms with van der Waals surface area (Å²) in [5.41, 5.74) is 2.08. The molecule has 0 atom stereocenters. The highest BCUT2D eigenvalue weighted by Crippen LogP contribution is 2.27. The van der Waals surface area contributed by atoms with Crippen LogP contribution in [0.1, 0.15) is 54.2 Å². The maximum absolute atomic E-state index is 12.4. The van der Waals surface area contributed by atoms with E-state index >= 15 is 0 Å². The molecule has 0 saturated heterocycles. The van der Waals surface area contributed by atoms with Gasteiger partial charge in [0, 0.05) is 18.3 Å². The van der Waals surface area contributed by atoms with Crippen molar-refractivity contribution in [3.05, 3.63) is 54.1 Å². The molecule has 8 heteroatoms. The lowest BCUT2D eigenvalue weighted by Crippen LogP contribution is -2.23. The zero-order valence-corrected chi connectivity index (χ0v) is 15.9. The molecule has 0 unspecified atom stereocenters. The summed E-state index contributed by atoms with van der Waals surface area (Å²) in [5, 5.41) is 15.4. The largest absolute Gasteiger partial charge is 0.494 e. The van der Waals surface area contributed by atoms with Gasteiger partial charge in [-0.2, -0.15) is 5.10 Å². The van der Waals surface area contributed by atoms with E-state index in [1.54, 1.807) is 24.2 Å². The molecule has 8 nitrogen and oxygen atoms in total. The highest BCUT2D eigenvalue weighted by Gasteiger charge is 2.19. The molecule has 28 heavy (non-hydrogen) atoms. The number of benzene rings is 1. The van der Waals surface area contributed by atoms with Gasteiger partial charge in [0.05, 0.1) is 25.5 Å². The topological polar surface area (TPSA) is 86.9 Å². The number of hydrogen-bond acceptors (Lipinski definition) is 5. The number of hydrogen-bond donors (Lipinski definition) is 1. The smallest absolute Gasteiger partial charge is 0.273 e. The van der Waals surface area contributed by atoms with Gasteiger partial charge in [0.15, 0.2) is 5.69 Å². The number of methoxy groups -OCH3 is 1. The predicted molar refractivity (Wildman–Crippen MR) is 103 cm³/mol. The average Bonchev–Trinajstić information content (AvgIpc) is 3.43. The van der Waals surface area contributed by atoms with Gasteiger partial charge >= 0.3 is 0 Å². The molecular formula is C20H24N6O2. The second-order valence-electron chi connectivity index (χ2n) is 7.02. The van der Waals surface area contributed by atoms with Crippen molar-refractivity contribution in [3.8, 4) is 11.4 Å². The quantitative estimate of drug-likeness (QED) is 0.710. The highest BCUT2D eigenvalue weighted by atomic mass is 16.5. The first-order chi connectivity index (χ1) is 13.7. The van der Waals surface area contributed by atoms with Crippen LogP contribution < -0.4 is 10.1 Å². The summed E-state index contributed by atoms with van der Waals surface area (Å²) in [5.74, 6) is 0.507. The van der Waals surface area contributed by atoms with Gasteiger partial charge in [-0.1, -0.05) is 36.6 Å². The van der Waals surface area contributed by atoms with Crippen LogP contribution in [0.15, 0.2) is 42.9 Å². The van der Waals surface area contributed by atoms with Gasteiger partial charge in [-0.3, -0.25) is 4.79 Å². The first kappa shape index (κ1) is 18.2. The van der Waals surface area contributed by atoms with Crippen LogP contribution in [0.3, 0.4) is 0 Å². The molecule has 1 aromatic carbocycles. The SMILES string of the molecule is COc1ccccc1-n1cc(CNC(=O)c2cn(C3CCCCC3)nn2)cn1. The minimum absolute atomic E-state index is 0.230. The normalized spacial score (nSPS) is 14.8. The van der Waals surface area contributed by atoms with Crippen LogP contribution in [0.5, 0.6) is 5.75 Å².